The first-order valence-corrected chi connectivity index (χ1v) is 7.71. The fourth-order valence-electron chi connectivity index (χ4n) is 1.55. The van der Waals surface area contributed by atoms with Crippen molar-refractivity contribution in [3.8, 4) is 0 Å². The highest BCUT2D eigenvalue weighted by Crippen LogP contribution is 2.25. The molecule has 0 heterocycles. The fraction of sp³-hybridized carbons (Fsp3) is 0.500. The van der Waals surface area contributed by atoms with Gasteiger partial charge in [0.2, 0.25) is 10.0 Å². The summed E-state index contributed by atoms with van der Waals surface area (Å²) in [7, 11) is 1.01. The Kier molecular flexibility index (Phi) is 5.91. The molecule has 0 amide bonds. The predicted molar refractivity (Wildman–Crippen MR) is 75.7 cm³/mol. The van der Waals surface area contributed by atoms with E-state index in [0.29, 0.717) is 6.54 Å². The number of benzene rings is 1. The lowest BCUT2D eigenvalue weighted by atomic mass is 10.2. The number of rotatable bonds is 6. The number of aliphatic hydroxyl groups is 1. The number of likely N-dealkylation sites (N-methyl/N-ethyl adjacent to an activating group) is 2. The standard InChI is InChI=1S/C12H18ClFN2O3S/c1-15(2)4-5-16(3)20(18,19)11-7-10(13)6-9(8-17)12(11)14/h6-7,17H,4-5,8H2,1-3H3. The lowest BCUT2D eigenvalue weighted by Gasteiger charge is -2.20. The van der Waals surface area contributed by atoms with E-state index in [1.54, 1.807) is 0 Å². The van der Waals surface area contributed by atoms with Crippen LogP contribution >= 0.6 is 11.6 Å². The molecule has 0 aliphatic carbocycles. The lowest BCUT2D eigenvalue weighted by molar-refractivity contribution is 0.274. The molecule has 1 N–H and O–H groups in total. The van der Waals surface area contributed by atoms with Gasteiger partial charge in [0.15, 0.2) is 0 Å². The van der Waals surface area contributed by atoms with Crippen LogP contribution in [-0.2, 0) is 16.6 Å². The Morgan fingerprint density at radius 3 is 2.35 bits per heavy atom. The van der Waals surface area contributed by atoms with Crippen LogP contribution in [0.2, 0.25) is 5.02 Å². The van der Waals surface area contributed by atoms with E-state index in [1.807, 2.05) is 19.0 Å². The third kappa shape index (κ3) is 3.89. The number of nitrogens with zero attached hydrogens (tertiary/aromatic N) is 2. The maximum atomic E-state index is 14.1. The van der Waals surface area contributed by atoms with E-state index in [2.05, 4.69) is 0 Å². The molecule has 0 spiro atoms. The third-order valence-corrected chi connectivity index (χ3v) is 4.87. The van der Waals surface area contributed by atoms with Crippen molar-refractivity contribution in [2.45, 2.75) is 11.5 Å². The van der Waals surface area contributed by atoms with Crippen molar-refractivity contribution in [1.29, 1.82) is 0 Å². The molecule has 8 heteroatoms. The van der Waals surface area contributed by atoms with Crippen molar-refractivity contribution in [1.82, 2.24) is 9.21 Å². The fourth-order valence-corrected chi connectivity index (χ4v) is 3.15. The quantitative estimate of drug-likeness (QED) is 0.853. The highest BCUT2D eigenvalue weighted by Gasteiger charge is 2.26. The number of sulfonamides is 1. The van der Waals surface area contributed by atoms with Gasteiger partial charge in [0.25, 0.3) is 0 Å². The van der Waals surface area contributed by atoms with E-state index in [1.165, 1.54) is 13.1 Å². The van der Waals surface area contributed by atoms with Crippen molar-refractivity contribution >= 4 is 21.6 Å². The van der Waals surface area contributed by atoms with Crippen LogP contribution in [0.5, 0.6) is 0 Å². The number of aliphatic hydroxyl groups excluding tert-OH is 1. The maximum absolute atomic E-state index is 14.1. The minimum absolute atomic E-state index is 0.0648. The van der Waals surface area contributed by atoms with Crippen LogP contribution in [0.3, 0.4) is 0 Å². The minimum atomic E-state index is -3.98. The molecule has 0 saturated heterocycles. The van der Waals surface area contributed by atoms with Gasteiger partial charge < -0.3 is 10.0 Å². The SMILES string of the molecule is CN(C)CCN(C)S(=O)(=O)c1cc(Cl)cc(CO)c1F. The third-order valence-electron chi connectivity index (χ3n) is 2.80. The summed E-state index contributed by atoms with van der Waals surface area (Å²) >= 11 is 5.77. The molecule has 1 rings (SSSR count). The second-order valence-corrected chi connectivity index (χ2v) is 7.11. The van der Waals surface area contributed by atoms with Crippen LogP contribution in [0, 0.1) is 5.82 Å². The highest BCUT2D eigenvalue weighted by molar-refractivity contribution is 7.89. The zero-order valence-corrected chi connectivity index (χ0v) is 13.2. The van der Waals surface area contributed by atoms with E-state index in [4.69, 9.17) is 16.7 Å². The Labute approximate surface area is 123 Å². The average Bonchev–Trinajstić information content (AvgIpc) is 2.37. The summed E-state index contributed by atoms with van der Waals surface area (Å²) in [5.41, 5.74) is -0.142. The van der Waals surface area contributed by atoms with Gasteiger partial charge in [-0.15, -0.1) is 0 Å². The zero-order valence-electron chi connectivity index (χ0n) is 11.6. The summed E-state index contributed by atoms with van der Waals surface area (Å²) in [5.74, 6) is -0.964. The Bertz CT molecular complexity index is 578. The second-order valence-electron chi connectivity index (χ2n) is 4.66. The number of hydrogen-bond acceptors (Lipinski definition) is 4. The van der Waals surface area contributed by atoms with Crippen LogP contribution in [0.15, 0.2) is 17.0 Å². The van der Waals surface area contributed by atoms with Crippen molar-refractivity contribution in [3.05, 3.63) is 28.5 Å². The summed E-state index contributed by atoms with van der Waals surface area (Å²) < 4.78 is 39.8. The lowest BCUT2D eigenvalue weighted by Crippen LogP contribution is -2.34. The Morgan fingerprint density at radius 2 is 1.85 bits per heavy atom. The molecule has 0 unspecified atom stereocenters. The van der Waals surface area contributed by atoms with Crippen LogP contribution in [-0.4, -0.2) is 57.0 Å². The van der Waals surface area contributed by atoms with E-state index in [-0.39, 0.29) is 17.1 Å². The first-order valence-electron chi connectivity index (χ1n) is 5.90. The van der Waals surface area contributed by atoms with E-state index in [9.17, 15) is 12.8 Å². The summed E-state index contributed by atoms with van der Waals surface area (Å²) in [4.78, 5) is 1.30. The predicted octanol–water partition coefficient (Wildman–Crippen LogP) is 1.15. The van der Waals surface area contributed by atoms with Crippen molar-refractivity contribution in [3.63, 3.8) is 0 Å². The number of halogens is 2. The first kappa shape index (κ1) is 17.3. The van der Waals surface area contributed by atoms with Gasteiger partial charge in [-0.25, -0.2) is 12.8 Å². The van der Waals surface area contributed by atoms with Crippen molar-refractivity contribution < 1.29 is 17.9 Å². The van der Waals surface area contributed by atoms with Gasteiger partial charge in [-0.05, 0) is 26.2 Å². The second kappa shape index (κ2) is 6.82. The summed E-state index contributed by atoms with van der Waals surface area (Å²) in [6.45, 7) is 0.108. The molecule has 20 heavy (non-hydrogen) atoms. The van der Waals surface area contributed by atoms with Crippen LogP contribution in [0.25, 0.3) is 0 Å². The summed E-state index contributed by atoms with van der Waals surface area (Å²) in [6.07, 6.45) is 0. The minimum Gasteiger partial charge on any atom is -0.392 e. The van der Waals surface area contributed by atoms with Crippen molar-refractivity contribution in [2.75, 3.05) is 34.2 Å². The molecule has 5 nitrogen and oxygen atoms in total. The molecule has 0 fully saturated rings. The maximum Gasteiger partial charge on any atom is 0.245 e. The molecular weight excluding hydrogens is 307 g/mol. The van der Waals surface area contributed by atoms with E-state index in [0.717, 1.165) is 10.4 Å². The van der Waals surface area contributed by atoms with E-state index < -0.39 is 27.3 Å². The zero-order chi connectivity index (χ0) is 15.5. The number of hydrogen-bond donors (Lipinski definition) is 1. The van der Waals surface area contributed by atoms with Gasteiger partial charge in [0.05, 0.1) is 6.61 Å². The Balaban J connectivity index is 3.18. The van der Waals surface area contributed by atoms with Crippen LogP contribution in [0.4, 0.5) is 4.39 Å². The largest absolute Gasteiger partial charge is 0.392 e. The van der Waals surface area contributed by atoms with Gasteiger partial charge in [-0.2, -0.15) is 4.31 Å². The van der Waals surface area contributed by atoms with Gasteiger partial charge in [0.1, 0.15) is 10.7 Å². The topological polar surface area (TPSA) is 60.9 Å². The molecule has 1 aromatic rings. The Hall–Kier alpha value is -0.730. The molecule has 0 bridgehead atoms. The summed E-state index contributed by atoms with van der Waals surface area (Å²) in [5, 5.41) is 9.10. The first-order chi connectivity index (χ1) is 9.20. The normalized spacial score (nSPS) is 12.4. The molecule has 0 aromatic heterocycles. The monoisotopic (exact) mass is 324 g/mol. The highest BCUT2D eigenvalue weighted by atomic mass is 35.5. The smallest absolute Gasteiger partial charge is 0.245 e. The molecule has 114 valence electrons. The van der Waals surface area contributed by atoms with Gasteiger partial charge in [-0.3, -0.25) is 0 Å². The van der Waals surface area contributed by atoms with Crippen LogP contribution in [0.1, 0.15) is 5.56 Å². The molecule has 0 aliphatic heterocycles. The average molecular weight is 325 g/mol. The van der Waals surface area contributed by atoms with Gasteiger partial charge in [0, 0.05) is 30.7 Å². The van der Waals surface area contributed by atoms with Crippen LogP contribution < -0.4 is 0 Å². The Morgan fingerprint density at radius 1 is 1.25 bits per heavy atom. The van der Waals surface area contributed by atoms with Crippen molar-refractivity contribution in [2.24, 2.45) is 0 Å². The molecular formula is C12H18ClFN2O3S. The van der Waals surface area contributed by atoms with Gasteiger partial charge in [-0.1, -0.05) is 11.6 Å². The molecule has 0 aliphatic rings. The molecule has 0 saturated carbocycles. The van der Waals surface area contributed by atoms with E-state index >= 15 is 0 Å². The molecule has 0 radical (unpaired) electrons. The van der Waals surface area contributed by atoms with Gasteiger partial charge >= 0.3 is 0 Å². The molecule has 0 atom stereocenters. The summed E-state index contributed by atoms with van der Waals surface area (Å²) in [6, 6.07) is 2.26. The molecule has 1 aromatic carbocycles.